The number of anilines is 1. The predicted molar refractivity (Wildman–Crippen MR) is 62.9 cm³/mol. The summed E-state index contributed by atoms with van der Waals surface area (Å²) in [5.74, 6) is 0.250. The van der Waals surface area contributed by atoms with Crippen LogP contribution in [0.25, 0.3) is 11.2 Å². The van der Waals surface area contributed by atoms with Crippen LogP contribution in [0.3, 0.4) is 0 Å². The highest BCUT2D eigenvalue weighted by Gasteiger charge is 1.95. The summed E-state index contributed by atoms with van der Waals surface area (Å²) in [5, 5.41) is 3.10. The Labute approximate surface area is 95.6 Å². The van der Waals surface area contributed by atoms with Crippen LogP contribution in [0.15, 0.2) is 24.1 Å². The lowest BCUT2D eigenvalue weighted by atomic mass is 10.6. The number of nitrogens with one attached hydrogen (secondary N) is 1. The summed E-state index contributed by atoms with van der Waals surface area (Å²) < 4.78 is 0. The standard InChI is InChI=1S/C5H5N5.C4H5NS/c6-5-7-1-3-4(10-5)9-2-8-3;1-4-5-2-3-6-4/h1-2H,(H3,6,7,8,9,10);2-3H,1H3. The van der Waals surface area contributed by atoms with E-state index in [9.17, 15) is 0 Å². The summed E-state index contributed by atoms with van der Waals surface area (Å²) in [6.07, 6.45) is 4.96. The molecule has 0 aliphatic carbocycles. The van der Waals surface area contributed by atoms with Gasteiger partial charge in [0.1, 0.15) is 5.52 Å². The molecule has 0 aliphatic heterocycles. The molecule has 3 rings (SSSR count). The molecule has 0 radical (unpaired) electrons. The molecule has 3 aromatic heterocycles. The van der Waals surface area contributed by atoms with Crippen molar-refractivity contribution < 1.29 is 0 Å². The first kappa shape index (κ1) is 10.5. The number of thiazole rings is 1. The maximum absolute atomic E-state index is 5.31. The number of hydrogen-bond donors (Lipinski definition) is 2. The van der Waals surface area contributed by atoms with Crippen molar-refractivity contribution in [2.24, 2.45) is 0 Å². The van der Waals surface area contributed by atoms with Gasteiger partial charge in [-0.25, -0.2) is 9.97 Å². The van der Waals surface area contributed by atoms with Gasteiger partial charge in [-0.3, -0.25) is 4.98 Å². The van der Waals surface area contributed by atoms with Crippen molar-refractivity contribution >= 4 is 28.4 Å². The van der Waals surface area contributed by atoms with Gasteiger partial charge in [-0.15, -0.1) is 11.3 Å². The first-order valence-electron chi connectivity index (χ1n) is 4.53. The molecule has 0 spiro atoms. The lowest BCUT2D eigenvalue weighted by molar-refractivity contribution is 1.22. The van der Waals surface area contributed by atoms with Crippen LogP contribution in [0.1, 0.15) is 5.01 Å². The molecule has 0 fully saturated rings. The normalized spacial score (nSPS) is 9.81. The highest BCUT2D eigenvalue weighted by molar-refractivity contribution is 7.09. The molecule has 0 bridgehead atoms. The summed E-state index contributed by atoms with van der Waals surface area (Å²) in [4.78, 5) is 18.3. The molecule has 0 aliphatic rings. The van der Waals surface area contributed by atoms with E-state index < -0.39 is 0 Å². The second-order valence-corrected chi connectivity index (χ2v) is 4.02. The van der Waals surface area contributed by atoms with E-state index in [0.717, 1.165) is 10.5 Å². The van der Waals surface area contributed by atoms with E-state index in [-0.39, 0.29) is 5.95 Å². The van der Waals surface area contributed by atoms with Crippen molar-refractivity contribution in [2.45, 2.75) is 6.92 Å². The monoisotopic (exact) mass is 234 g/mol. The number of nitrogen functional groups attached to an aromatic ring is 1. The molecule has 7 heteroatoms. The Balaban J connectivity index is 0.000000138. The Kier molecular flexibility index (Phi) is 3.06. The van der Waals surface area contributed by atoms with Crippen LogP contribution in [-0.2, 0) is 0 Å². The van der Waals surface area contributed by atoms with Crippen LogP contribution in [0.4, 0.5) is 5.95 Å². The topological polar surface area (TPSA) is 93.4 Å². The molecule has 0 unspecified atom stereocenters. The van der Waals surface area contributed by atoms with Crippen molar-refractivity contribution in [3.8, 4) is 0 Å². The number of nitrogens with two attached hydrogens (primary N) is 1. The SMILES string of the molecule is Cc1nccs1.Nc1ncc2[nH]cnc2n1. The zero-order chi connectivity index (χ0) is 11.4. The second-order valence-electron chi connectivity index (χ2n) is 2.92. The Morgan fingerprint density at radius 2 is 2.19 bits per heavy atom. The zero-order valence-electron chi connectivity index (χ0n) is 8.58. The number of rotatable bonds is 0. The fourth-order valence-corrected chi connectivity index (χ4v) is 1.48. The molecule has 0 saturated carbocycles. The van der Waals surface area contributed by atoms with E-state index in [0.29, 0.717) is 5.65 Å². The summed E-state index contributed by atoms with van der Waals surface area (Å²) in [5.41, 5.74) is 6.71. The highest BCUT2D eigenvalue weighted by atomic mass is 32.1. The summed E-state index contributed by atoms with van der Waals surface area (Å²) in [6, 6.07) is 0. The number of aromatic amines is 1. The van der Waals surface area contributed by atoms with Gasteiger partial charge in [0.05, 0.1) is 17.5 Å². The highest BCUT2D eigenvalue weighted by Crippen LogP contribution is 2.03. The number of aromatic nitrogens is 5. The zero-order valence-corrected chi connectivity index (χ0v) is 9.40. The van der Waals surface area contributed by atoms with Gasteiger partial charge >= 0.3 is 0 Å². The molecule has 6 nitrogen and oxygen atoms in total. The Hall–Kier alpha value is -2.02. The molecule has 0 saturated heterocycles. The van der Waals surface area contributed by atoms with Gasteiger partial charge in [0, 0.05) is 11.6 Å². The van der Waals surface area contributed by atoms with Crippen molar-refractivity contribution in [3.63, 3.8) is 0 Å². The molecule has 3 aromatic rings. The van der Waals surface area contributed by atoms with Crippen LogP contribution in [-0.4, -0.2) is 24.9 Å². The van der Waals surface area contributed by atoms with E-state index in [1.165, 1.54) is 0 Å². The Morgan fingerprint density at radius 1 is 1.31 bits per heavy atom. The molecular formula is C9H10N6S. The van der Waals surface area contributed by atoms with Gasteiger partial charge in [-0.05, 0) is 6.92 Å². The minimum Gasteiger partial charge on any atom is -0.368 e. The van der Waals surface area contributed by atoms with E-state index in [2.05, 4.69) is 24.9 Å². The maximum atomic E-state index is 5.31. The van der Waals surface area contributed by atoms with E-state index in [1.807, 2.05) is 12.3 Å². The van der Waals surface area contributed by atoms with Crippen LogP contribution in [0.2, 0.25) is 0 Å². The van der Waals surface area contributed by atoms with Crippen molar-refractivity contribution in [1.29, 1.82) is 0 Å². The quantitative estimate of drug-likeness (QED) is 0.613. The van der Waals surface area contributed by atoms with Gasteiger partial charge in [0.2, 0.25) is 5.95 Å². The first-order chi connectivity index (χ1) is 7.75. The van der Waals surface area contributed by atoms with Gasteiger partial charge in [0.15, 0.2) is 5.65 Å². The van der Waals surface area contributed by atoms with Crippen LogP contribution < -0.4 is 5.73 Å². The third-order valence-corrected chi connectivity index (χ3v) is 2.45. The lowest BCUT2D eigenvalue weighted by Gasteiger charge is -1.87. The van der Waals surface area contributed by atoms with Crippen LogP contribution in [0, 0.1) is 6.92 Å². The molecule has 0 amide bonds. The van der Waals surface area contributed by atoms with E-state index in [4.69, 9.17) is 5.73 Å². The van der Waals surface area contributed by atoms with Gasteiger partial charge in [-0.1, -0.05) is 0 Å². The first-order valence-corrected chi connectivity index (χ1v) is 5.41. The van der Waals surface area contributed by atoms with Gasteiger partial charge in [0.25, 0.3) is 0 Å². The number of aryl methyl sites for hydroxylation is 1. The summed E-state index contributed by atoms with van der Waals surface area (Å²) in [6.45, 7) is 1.99. The fraction of sp³-hybridized carbons (Fsp3) is 0.111. The van der Waals surface area contributed by atoms with Crippen LogP contribution >= 0.6 is 11.3 Å². The fourth-order valence-electron chi connectivity index (χ4n) is 1.04. The van der Waals surface area contributed by atoms with Crippen molar-refractivity contribution in [3.05, 3.63) is 29.1 Å². The molecular weight excluding hydrogens is 224 g/mol. The number of hydrogen-bond acceptors (Lipinski definition) is 6. The minimum absolute atomic E-state index is 0.250. The average molecular weight is 234 g/mol. The molecule has 16 heavy (non-hydrogen) atoms. The van der Waals surface area contributed by atoms with E-state index >= 15 is 0 Å². The van der Waals surface area contributed by atoms with Crippen LogP contribution in [0.5, 0.6) is 0 Å². The largest absolute Gasteiger partial charge is 0.368 e. The molecule has 0 atom stereocenters. The molecule has 0 aromatic carbocycles. The van der Waals surface area contributed by atoms with Gasteiger partial charge < -0.3 is 10.7 Å². The summed E-state index contributed by atoms with van der Waals surface area (Å²) >= 11 is 1.67. The van der Waals surface area contributed by atoms with Gasteiger partial charge in [-0.2, -0.15) is 4.98 Å². The third-order valence-electron chi connectivity index (χ3n) is 1.75. The average Bonchev–Trinajstić information content (AvgIpc) is 2.88. The maximum Gasteiger partial charge on any atom is 0.222 e. The lowest BCUT2D eigenvalue weighted by Crippen LogP contribution is -1.93. The molecule has 82 valence electrons. The van der Waals surface area contributed by atoms with E-state index in [1.54, 1.807) is 30.1 Å². The smallest absolute Gasteiger partial charge is 0.222 e. The minimum atomic E-state index is 0.250. The predicted octanol–water partition coefficient (Wildman–Crippen LogP) is 1.39. The Morgan fingerprint density at radius 3 is 2.81 bits per heavy atom. The van der Waals surface area contributed by atoms with Crippen molar-refractivity contribution in [2.75, 3.05) is 5.73 Å². The number of H-pyrrole nitrogens is 1. The number of imidazole rings is 1. The number of fused-ring (bicyclic) bond motifs is 1. The summed E-state index contributed by atoms with van der Waals surface area (Å²) in [7, 11) is 0. The molecule has 3 N–H and O–H groups in total. The Bertz CT molecular complexity index is 558. The third kappa shape index (κ3) is 2.51. The number of nitrogens with zero attached hydrogens (tertiary/aromatic N) is 4. The van der Waals surface area contributed by atoms with Crippen molar-refractivity contribution in [1.82, 2.24) is 24.9 Å². The second kappa shape index (κ2) is 4.67. The molecule has 3 heterocycles.